The Bertz CT molecular complexity index is 1950. The fraction of sp³-hybridized carbons (Fsp3) is 0.100. The van der Waals surface area contributed by atoms with E-state index < -0.39 is 17.9 Å². The molecule has 0 saturated carbocycles. The summed E-state index contributed by atoms with van der Waals surface area (Å²) in [5, 5.41) is 3.18. The monoisotopic (exact) mass is 797 g/mol. The number of aliphatic imine (C=N–C) groups is 1. The molecule has 252 valence electrons. The molecule has 1 heterocycles. The molecule has 0 radical (unpaired) electrons. The lowest BCUT2D eigenvalue weighted by Crippen LogP contribution is -2.42. The highest BCUT2D eigenvalue weighted by molar-refractivity contribution is 14.1. The van der Waals surface area contributed by atoms with Crippen molar-refractivity contribution < 1.29 is 23.5 Å². The molecule has 1 aliphatic heterocycles. The molecule has 4 aromatic rings. The van der Waals surface area contributed by atoms with Crippen LogP contribution in [0.3, 0.4) is 0 Å². The molecule has 3 amide bonds. The predicted molar refractivity (Wildman–Crippen MR) is 206 cm³/mol. The van der Waals surface area contributed by atoms with E-state index in [9.17, 15) is 18.8 Å². The van der Waals surface area contributed by atoms with E-state index in [1.54, 1.807) is 61.6 Å². The van der Waals surface area contributed by atoms with Gasteiger partial charge in [0.2, 0.25) is 5.91 Å². The van der Waals surface area contributed by atoms with Gasteiger partial charge in [0.1, 0.15) is 23.7 Å². The molecule has 0 spiro atoms. The van der Waals surface area contributed by atoms with Gasteiger partial charge in [0, 0.05) is 5.70 Å². The first kappa shape index (κ1) is 36.2. The van der Waals surface area contributed by atoms with Crippen LogP contribution in [-0.2, 0) is 21.0 Å². The van der Waals surface area contributed by atoms with Crippen molar-refractivity contribution in [2.24, 2.45) is 4.99 Å². The van der Waals surface area contributed by atoms with E-state index in [2.05, 4.69) is 39.5 Å². The smallest absolute Gasteiger partial charge is 0.285 e. The van der Waals surface area contributed by atoms with Gasteiger partial charge >= 0.3 is 0 Å². The summed E-state index contributed by atoms with van der Waals surface area (Å²) in [4.78, 5) is 46.4. The highest BCUT2D eigenvalue weighted by Crippen LogP contribution is 2.29. The molecule has 0 aromatic heterocycles. The van der Waals surface area contributed by atoms with Crippen molar-refractivity contribution in [3.05, 3.63) is 177 Å². The molecule has 0 fully saturated rings. The highest BCUT2D eigenvalue weighted by Gasteiger charge is 2.35. The van der Waals surface area contributed by atoms with E-state index in [0.29, 0.717) is 17.0 Å². The van der Waals surface area contributed by atoms with Crippen molar-refractivity contribution in [2.75, 3.05) is 5.75 Å². The summed E-state index contributed by atoms with van der Waals surface area (Å²) in [6.07, 6.45) is 8.15. The molecule has 0 saturated heterocycles. The second-order valence-corrected chi connectivity index (χ2v) is 13.0. The summed E-state index contributed by atoms with van der Waals surface area (Å²) in [5.41, 5.74) is 3.58. The predicted octanol–water partition coefficient (Wildman–Crippen LogP) is 8.40. The van der Waals surface area contributed by atoms with Gasteiger partial charge in [-0.05, 0) is 88.2 Å². The number of ether oxygens (including phenoxy) is 1. The minimum Gasteiger partial charge on any atom is -0.488 e. The quantitative estimate of drug-likeness (QED) is 0.0674. The molecular weight excluding hydrogens is 764 g/mol. The van der Waals surface area contributed by atoms with Crippen molar-refractivity contribution in [1.29, 1.82) is 0 Å². The summed E-state index contributed by atoms with van der Waals surface area (Å²) < 4.78 is 19.9. The Balaban J connectivity index is 1.36. The number of benzene rings is 4. The number of hydrogen-bond acceptors (Lipinski definition) is 5. The lowest BCUT2D eigenvalue weighted by molar-refractivity contribution is -0.126. The van der Waals surface area contributed by atoms with Crippen LogP contribution in [0.25, 0.3) is 6.08 Å². The van der Waals surface area contributed by atoms with Gasteiger partial charge in [0.15, 0.2) is 5.17 Å². The molecule has 0 bridgehead atoms. The van der Waals surface area contributed by atoms with Crippen LogP contribution in [0.15, 0.2) is 150 Å². The molecule has 10 heteroatoms. The third kappa shape index (κ3) is 9.33. The zero-order valence-corrected chi connectivity index (χ0v) is 30.1. The summed E-state index contributed by atoms with van der Waals surface area (Å²) in [7, 11) is 0. The maximum Gasteiger partial charge on any atom is 0.285 e. The van der Waals surface area contributed by atoms with E-state index >= 15 is 0 Å². The summed E-state index contributed by atoms with van der Waals surface area (Å²) in [6.45, 7) is 5.74. The average molecular weight is 798 g/mol. The first-order valence-electron chi connectivity index (χ1n) is 15.6. The SMILES string of the molecule is C=C/C=C\C(=C/C)N1C(=O)/C(=C/c2ccc(OCc3ccc(F)cc3)c(I)c2)C(=O)N=C1SCC(=O)NC(c1ccccc1)c1ccccc1. The fourth-order valence-electron chi connectivity index (χ4n) is 5.03. The maximum atomic E-state index is 14.0. The number of amidine groups is 1. The number of nitrogens with one attached hydrogen (secondary N) is 1. The van der Waals surface area contributed by atoms with Crippen LogP contribution in [0.5, 0.6) is 5.75 Å². The lowest BCUT2D eigenvalue weighted by Gasteiger charge is -2.28. The first-order valence-corrected chi connectivity index (χ1v) is 17.7. The number of carbonyl (C=O) groups excluding carboxylic acids is 3. The van der Waals surface area contributed by atoms with Gasteiger partial charge in [0.25, 0.3) is 11.8 Å². The van der Waals surface area contributed by atoms with Gasteiger partial charge in [-0.15, -0.1) is 0 Å². The van der Waals surface area contributed by atoms with Gasteiger partial charge < -0.3 is 10.1 Å². The van der Waals surface area contributed by atoms with Gasteiger partial charge in [-0.25, -0.2) is 4.39 Å². The number of allylic oxidation sites excluding steroid dienone is 4. The second-order valence-electron chi connectivity index (χ2n) is 10.9. The Hall–Kier alpha value is -5.07. The number of nitrogens with zero attached hydrogens (tertiary/aromatic N) is 2. The molecule has 0 aliphatic carbocycles. The van der Waals surface area contributed by atoms with Crippen LogP contribution in [0.4, 0.5) is 4.39 Å². The Morgan fingerprint density at radius 1 is 1.00 bits per heavy atom. The van der Waals surface area contributed by atoms with Crippen molar-refractivity contribution in [3.8, 4) is 5.75 Å². The zero-order chi connectivity index (χ0) is 35.5. The van der Waals surface area contributed by atoms with E-state index in [-0.39, 0.29) is 34.8 Å². The topological polar surface area (TPSA) is 88.1 Å². The molecule has 0 unspecified atom stereocenters. The largest absolute Gasteiger partial charge is 0.488 e. The molecular formula is C40H33FIN3O4S. The summed E-state index contributed by atoms with van der Waals surface area (Å²) in [6, 6.07) is 30.2. The number of carbonyl (C=O) groups is 3. The van der Waals surface area contributed by atoms with Crippen molar-refractivity contribution in [3.63, 3.8) is 0 Å². The fourth-order valence-corrected chi connectivity index (χ4v) is 6.53. The van der Waals surface area contributed by atoms with Crippen LogP contribution in [0.2, 0.25) is 0 Å². The summed E-state index contributed by atoms with van der Waals surface area (Å²) >= 11 is 3.12. The molecule has 4 aromatic carbocycles. The van der Waals surface area contributed by atoms with Gasteiger partial charge in [-0.2, -0.15) is 4.99 Å². The molecule has 0 atom stereocenters. The third-order valence-corrected chi connectivity index (χ3v) is 9.27. The minimum absolute atomic E-state index is 0.0872. The van der Waals surface area contributed by atoms with E-state index in [1.807, 2.05) is 60.7 Å². The van der Waals surface area contributed by atoms with Crippen molar-refractivity contribution >= 4 is 63.3 Å². The highest BCUT2D eigenvalue weighted by atomic mass is 127. The Morgan fingerprint density at radius 3 is 2.26 bits per heavy atom. The van der Waals surface area contributed by atoms with Crippen molar-refractivity contribution in [1.82, 2.24) is 10.2 Å². The zero-order valence-electron chi connectivity index (χ0n) is 27.1. The molecule has 5 rings (SSSR count). The Morgan fingerprint density at radius 2 is 1.66 bits per heavy atom. The van der Waals surface area contributed by atoms with Gasteiger partial charge in [0.05, 0.1) is 15.4 Å². The second kappa shape index (κ2) is 17.5. The first-order chi connectivity index (χ1) is 24.3. The molecule has 7 nitrogen and oxygen atoms in total. The minimum atomic E-state index is -0.713. The van der Waals surface area contributed by atoms with Gasteiger partial charge in [-0.3, -0.25) is 19.3 Å². The normalized spacial score (nSPS) is 14.3. The average Bonchev–Trinajstić information content (AvgIpc) is 3.13. The number of halogens is 2. The Kier molecular flexibility index (Phi) is 12.7. The molecule has 1 aliphatic rings. The standard InChI is InChI=1S/C40H33FIN3O4S/c1-3-5-16-32(4-2)45-39(48)33(23-28-19-22-35(34(42)24-28)49-25-27-17-20-31(41)21-18-27)38(47)44-40(45)50-26-36(46)43-37(29-12-8-6-9-13-29)30-14-10-7-11-15-30/h3-24,37H,1,25-26H2,2H3,(H,43,46)/b16-5-,32-4+,33-23+. The van der Waals surface area contributed by atoms with Crippen LogP contribution in [-0.4, -0.2) is 33.5 Å². The van der Waals surface area contributed by atoms with Crippen LogP contribution < -0.4 is 10.1 Å². The van der Waals surface area contributed by atoms with Crippen LogP contribution in [0, 0.1) is 9.39 Å². The number of thioether (sulfide) groups is 1. The number of rotatable bonds is 12. The van der Waals surface area contributed by atoms with Gasteiger partial charge in [-0.1, -0.05) is 115 Å². The number of amides is 3. The van der Waals surface area contributed by atoms with Crippen molar-refractivity contribution in [2.45, 2.75) is 19.6 Å². The maximum absolute atomic E-state index is 14.0. The third-order valence-electron chi connectivity index (χ3n) is 7.49. The number of hydrogen-bond donors (Lipinski definition) is 1. The van der Waals surface area contributed by atoms with Crippen LogP contribution >= 0.6 is 34.4 Å². The van der Waals surface area contributed by atoms with E-state index in [0.717, 1.165) is 32.0 Å². The van der Waals surface area contributed by atoms with Crippen LogP contribution in [0.1, 0.15) is 35.2 Å². The molecule has 1 N–H and O–H groups in total. The Labute approximate surface area is 308 Å². The van der Waals surface area contributed by atoms with E-state index in [1.165, 1.54) is 23.1 Å². The summed E-state index contributed by atoms with van der Waals surface area (Å²) in [5.74, 6) is -1.40. The molecule has 50 heavy (non-hydrogen) atoms. The van der Waals surface area contributed by atoms with E-state index in [4.69, 9.17) is 4.74 Å². The lowest BCUT2D eigenvalue weighted by atomic mass is 9.99.